The Kier molecular flexibility index (Phi) is 3.33. The maximum Gasteiger partial charge on any atom is 0.0794 e. The number of aryl methyl sites for hydroxylation is 2. The zero-order chi connectivity index (χ0) is 11.5. The smallest absolute Gasteiger partial charge is 0.0794 e. The van der Waals surface area contributed by atoms with E-state index in [4.69, 9.17) is 5.84 Å². The van der Waals surface area contributed by atoms with Gasteiger partial charge >= 0.3 is 0 Å². The van der Waals surface area contributed by atoms with Crippen molar-refractivity contribution in [2.24, 2.45) is 12.9 Å². The topological polar surface area (TPSA) is 68.8 Å². The minimum Gasteiger partial charge on any atom is -0.272 e. The van der Waals surface area contributed by atoms with Gasteiger partial charge in [0, 0.05) is 30.2 Å². The van der Waals surface area contributed by atoms with E-state index in [0.717, 1.165) is 22.7 Å². The van der Waals surface area contributed by atoms with Gasteiger partial charge in [0.15, 0.2) is 0 Å². The molecule has 0 bridgehead atoms. The molecule has 0 aromatic carbocycles. The third-order valence-corrected chi connectivity index (χ3v) is 3.40. The molecule has 5 nitrogen and oxygen atoms in total. The minimum absolute atomic E-state index is 0.0994. The van der Waals surface area contributed by atoms with Gasteiger partial charge in [0.1, 0.15) is 0 Å². The van der Waals surface area contributed by atoms with E-state index in [0.29, 0.717) is 0 Å². The normalized spacial score (nSPS) is 12.9. The summed E-state index contributed by atoms with van der Waals surface area (Å²) >= 11 is 1.60. The number of nitrogens with one attached hydrogen (secondary N) is 1. The Balaban J connectivity index is 2.16. The van der Waals surface area contributed by atoms with E-state index in [-0.39, 0.29) is 6.04 Å². The van der Waals surface area contributed by atoms with Crippen LogP contribution in [0.4, 0.5) is 0 Å². The predicted octanol–water partition coefficient (Wildman–Crippen LogP) is 0.932. The highest BCUT2D eigenvalue weighted by atomic mass is 32.1. The van der Waals surface area contributed by atoms with E-state index >= 15 is 0 Å². The third kappa shape index (κ3) is 2.29. The molecule has 0 aliphatic heterocycles. The Bertz CT molecular complexity index is 448. The van der Waals surface area contributed by atoms with Crippen LogP contribution in [-0.2, 0) is 13.5 Å². The minimum atomic E-state index is 0.0994. The van der Waals surface area contributed by atoms with Crippen LogP contribution in [0.15, 0.2) is 17.8 Å². The number of rotatable bonds is 4. The number of nitrogens with zero attached hydrogens (tertiary/aromatic N) is 3. The quantitative estimate of drug-likeness (QED) is 0.613. The summed E-state index contributed by atoms with van der Waals surface area (Å²) < 4.78 is 1.89. The van der Waals surface area contributed by atoms with Crippen LogP contribution in [0.1, 0.15) is 22.3 Å². The molecule has 16 heavy (non-hydrogen) atoms. The van der Waals surface area contributed by atoms with E-state index in [1.54, 1.807) is 11.3 Å². The molecule has 0 spiro atoms. The second-order valence-electron chi connectivity index (χ2n) is 3.73. The monoisotopic (exact) mass is 237 g/mol. The number of hydrazine groups is 1. The van der Waals surface area contributed by atoms with Crippen molar-refractivity contribution in [2.45, 2.75) is 19.4 Å². The van der Waals surface area contributed by atoms with Crippen LogP contribution in [0.25, 0.3) is 0 Å². The van der Waals surface area contributed by atoms with Crippen molar-refractivity contribution in [1.29, 1.82) is 0 Å². The molecule has 0 aliphatic carbocycles. The van der Waals surface area contributed by atoms with E-state index in [9.17, 15) is 0 Å². The summed E-state index contributed by atoms with van der Waals surface area (Å²) in [6.07, 6.45) is 2.66. The molecule has 0 saturated heterocycles. The fourth-order valence-electron chi connectivity index (χ4n) is 1.70. The number of aromatic nitrogens is 3. The molecule has 86 valence electrons. The fraction of sp³-hybridized carbons (Fsp3) is 0.400. The number of hydrogen-bond acceptors (Lipinski definition) is 5. The molecular formula is C10H15N5S. The lowest BCUT2D eigenvalue weighted by Gasteiger charge is -2.13. The Morgan fingerprint density at radius 1 is 1.62 bits per heavy atom. The first kappa shape index (κ1) is 11.3. The Morgan fingerprint density at radius 3 is 2.94 bits per heavy atom. The van der Waals surface area contributed by atoms with Gasteiger partial charge in [-0.25, -0.2) is 0 Å². The van der Waals surface area contributed by atoms with Crippen LogP contribution in [0.5, 0.6) is 0 Å². The Morgan fingerprint density at radius 2 is 2.44 bits per heavy atom. The molecule has 6 heteroatoms. The van der Waals surface area contributed by atoms with Crippen LogP contribution in [0.3, 0.4) is 0 Å². The van der Waals surface area contributed by atoms with Gasteiger partial charge in [-0.3, -0.25) is 20.9 Å². The Labute approximate surface area is 98.3 Å². The van der Waals surface area contributed by atoms with Crippen LogP contribution in [0, 0.1) is 6.92 Å². The van der Waals surface area contributed by atoms with Crippen molar-refractivity contribution < 1.29 is 0 Å². The predicted molar refractivity (Wildman–Crippen MR) is 63.8 cm³/mol. The first-order chi connectivity index (χ1) is 7.70. The molecular weight excluding hydrogens is 222 g/mol. The largest absolute Gasteiger partial charge is 0.272 e. The second-order valence-corrected chi connectivity index (χ2v) is 4.65. The molecule has 3 N–H and O–H groups in total. The molecule has 2 aromatic heterocycles. The molecule has 0 fully saturated rings. The molecule has 0 aliphatic rings. The first-order valence-corrected chi connectivity index (χ1v) is 5.92. The maximum atomic E-state index is 5.57. The summed E-state index contributed by atoms with van der Waals surface area (Å²) in [4.78, 5) is 5.20. The van der Waals surface area contributed by atoms with Gasteiger partial charge in [-0.05, 0) is 13.0 Å². The zero-order valence-corrected chi connectivity index (χ0v) is 10.2. The average Bonchev–Trinajstić information content (AvgIpc) is 2.85. The SMILES string of the molecule is Cc1cc(CC(NN)c2cncs2)n(C)n1. The summed E-state index contributed by atoms with van der Waals surface area (Å²) in [7, 11) is 1.95. The van der Waals surface area contributed by atoms with Gasteiger partial charge in [-0.2, -0.15) is 5.10 Å². The summed E-state index contributed by atoms with van der Waals surface area (Å²) in [5.74, 6) is 5.57. The second kappa shape index (κ2) is 4.73. The van der Waals surface area contributed by atoms with Crippen molar-refractivity contribution in [3.63, 3.8) is 0 Å². The first-order valence-electron chi connectivity index (χ1n) is 5.04. The average molecular weight is 237 g/mol. The standard InChI is InChI=1S/C10H15N5S/c1-7-3-8(15(2)14-7)4-9(13-11)10-5-12-6-16-10/h3,5-6,9,13H,4,11H2,1-2H3. The van der Waals surface area contributed by atoms with Gasteiger partial charge in [-0.15, -0.1) is 11.3 Å². The van der Waals surface area contributed by atoms with Gasteiger partial charge in [-0.1, -0.05) is 0 Å². The van der Waals surface area contributed by atoms with Crippen molar-refractivity contribution in [1.82, 2.24) is 20.2 Å². The van der Waals surface area contributed by atoms with Crippen LogP contribution >= 0.6 is 11.3 Å². The zero-order valence-electron chi connectivity index (χ0n) is 9.34. The molecule has 2 aromatic rings. The van der Waals surface area contributed by atoms with Crippen molar-refractivity contribution in [3.05, 3.63) is 34.0 Å². The number of hydrogen-bond donors (Lipinski definition) is 2. The van der Waals surface area contributed by atoms with E-state index < -0.39 is 0 Å². The molecule has 0 radical (unpaired) electrons. The van der Waals surface area contributed by atoms with Crippen molar-refractivity contribution in [2.75, 3.05) is 0 Å². The van der Waals surface area contributed by atoms with Crippen molar-refractivity contribution >= 4 is 11.3 Å². The summed E-state index contributed by atoms with van der Waals surface area (Å²) in [5.41, 5.74) is 6.82. The number of nitrogens with two attached hydrogens (primary N) is 1. The lowest BCUT2D eigenvalue weighted by Crippen LogP contribution is -2.29. The lowest BCUT2D eigenvalue weighted by atomic mass is 10.1. The van der Waals surface area contributed by atoms with Gasteiger partial charge in [0.25, 0.3) is 0 Å². The van der Waals surface area contributed by atoms with Crippen LogP contribution in [0.2, 0.25) is 0 Å². The Hall–Kier alpha value is -1.24. The highest BCUT2D eigenvalue weighted by Crippen LogP contribution is 2.20. The highest BCUT2D eigenvalue weighted by Gasteiger charge is 2.14. The summed E-state index contributed by atoms with van der Waals surface area (Å²) in [6, 6.07) is 2.17. The van der Waals surface area contributed by atoms with Crippen LogP contribution < -0.4 is 11.3 Å². The van der Waals surface area contributed by atoms with Gasteiger partial charge < -0.3 is 0 Å². The fourth-order valence-corrected chi connectivity index (χ4v) is 2.38. The molecule has 2 rings (SSSR count). The molecule has 0 saturated carbocycles. The number of thiazole rings is 1. The maximum absolute atomic E-state index is 5.57. The van der Waals surface area contributed by atoms with Gasteiger partial charge in [0.05, 0.1) is 17.2 Å². The van der Waals surface area contributed by atoms with Gasteiger partial charge in [0.2, 0.25) is 0 Å². The van der Waals surface area contributed by atoms with E-state index in [1.165, 1.54) is 0 Å². The molecule has 1 atom stereocenters. The molecule has 1 unspecified atom stereocenters. The van der Waals surface area contributed by atoms with E-state index in [1.807, 2.05) is 30.4 Å². The molecule has 2 heterocycles. The third-order valence-electron chi connectivity index (χ3n) is 2.51. The lowest BCUT2D eigenvalue weighted by molar-refractivity contribution is 0.536. The molecule has 0 amide bonds. The van der Waals surface area contributed by atoms with E-state index in [2.05, 4.69) is 21.6 Å². The summed E-state index contributed by atoms with van der Waals surface area (Å²) in [5, 5.41) is 4.32. The van der Waals surface area contributed by atoms with Crippen LogP contribution in [-0.4, -0.2) is 14.8 Å². The highest BCUT2D eigenvalue weighted by molar-refractivity contribution is 7.09. The van der Waals surface area contributed by atoms with Crippen molar-refractivity contribution in [3.8, 4) is 0 Å². The summed E-state index contributed by atoms with van der Waals surface area (Å²) in [6.45, 7) is 1.99.